The first-order chi connectivity index (χ1) is 28.7. The van der Waals surface area contributed by atoms with Crippen LogP contribution in [0.25, 0.3) is 111 Å². The minimum Gasteiger partial charge on any atom is -0.309 e. The third-order valence-electron chi connectivity index (χ3n) is 11.5. The van der Waals surface area contributed by atoms with Crippen molar-refractivity contribution >= 4 is 65.2 Å². The molecule has 0 radical (unpaired) electrons. The molecule has 0 bridgehead atoms. The zero-order valence-electron chi connectivity index (χ0n) is 31.3. The predicted octanol–water partition coefficient (Wildman–Crippen LogP) is 13.4. The Morgan fingerprint density at radius 1 is 0.276 bits per heavy atom. The number of hydrogen-bond donors (Lipinski definition) is 0. The smallest absolute Gasteiger partial charge is 0.164 e. The average Bonchev–Trinajstić information content (AvgIpc) is 3.78. The fourth-order valence-corrected chi connectivity index (χ4v) is 8.82. The van der Waals surface area contributed by atoms with Crippen molar-refractivity contribution in [2.45, 2.75) is 0 Å². The first-order valence-corrected chi connectivity index (χ1v) is 19.6. The van der Waals surface area contributed by atoms with E-state index in [1.165, 1.54) is 48.9 Å². The Bertz CT molecular complexity index is 3490. The summed E-state index contributed by atoms with van der Waals surface area (Å²) in [6.45, 7) is 0. The molecule has 0 aliphatic heterocycles. The molecule has 0 amide bonds. The first kappa shape index (κ1) is 32.4. The number of aromatic nitrogens is 5. The second-order valence-electron chi connectivity index (χ2n) is 14.9. The van der Waals surface area contributed by atoms with Crippen LogP contribution in [0.15, 0.2) is 200 Å². The van der Waals surface area contributed by atoms with Crippen molar-refractivity contribution in [3.05, 3.63) is 200 Å². The molecule has 0 fully saturated rings. The standard InChI is InChI=1S/C53H33N5/c1-4-15-34(16-5-1)51-54-52(35-17-6-2-7-18-35)56-53(55-51)39-27-28-41-38(29-39)21-14-26-46(41)58-47-25-13-12-24-42(47)44-32-45-43-30-36-19-10-11-20-37(36)31-48(43)57(49(45)33-50(44)58)40-22-8-3-9-23-40/h1-33H. The lowest BCUT2D eigenvalue weighted by atomic mass is 10.0. The molecule has 0 aliphatic rings. The second-order valence-corrected chi connectivity index (χ2v) is 14.9. The van der Waals surface area contributed by atoms with E-state index in [4.69, 9.17) is 15.0 Å². The molecule has 0 aliphatic carbocycles. The van der Waals surface area contributed by atoms with Crippen LogP contribution in [0.3, 0.4) is 0 Å². The molecule has 0 saturated heterocycles. The number of hydrogen-bond acceptors (Lipinski definition) is 3. The molecule has 0 N–H and O–H groups in total. The van der Waals surface area contributed by atoms with Gasteiger partial charge in [0.05, 0.1) is 27.8 Å². The van der Waals surface area contributed by atoms with Crippen molar-refractivity contribution in [1.29, 1.82) is 0 Å². The Kier molecular flexibility index (Phi) is 7.16. The largest absolute Gasteiger partial charge is 0.309 e. The Morgan fingerprint density at radius 3 is 1.53 bits per heavy atom. The van der Waals surface area contributed by atoms with Gasteiger partial charge in [-0.3, -0.25) is 0 Å². The molecule has 9 aromatic carbocycles. The number of para-hydroxylation sites is 2. The zero-order valence-corrected chi connectivity index (χ0v) is 31.3. The molecule has 270 valence electrons. The minimum absolute atomic E-state index is 0.640. The Balaban J connectivity index is 1.09. The van der Waals surface area contributed by atoms with Gasteiger partial charge in [-0.25, -0.2) is 15.0 Å². The number of fused-ring (bicyclic) bond motifs is 8. The summed E-state index contributed by atoms with van der Waals surface area (Å²) in [4.78, 5) is 15.0. The van der Waals surface area contributed by atoms with Gasteiger partial charge in [-0.1, -0.05) is 146 Å². The molecular formula is C53H33N5. The van der Waals surface area contributed by atoms with E-state index in [0.29, 0.717) is 17.5 Å². The van der Waals surface area contributed by atoms with Gasteiger partial charge in [0.2, 0.25) is 0 Å². The normalized spacial score (nSPS) is 11.8. The van der Waals surface area contributed by atoms with Crippen molar-refractivity contribution in [2.75, 3.05) is 0 Å². The van der Waals surface area contributed by atoms with Gasteiger partial charge in [0.1, 0.15) is 0 Å². The molecule has 5 heteroatoms. The van der Waals surface area contributed by atoms with Crippen molar-refractivity contribution in [3.63, 3.8) is 0 Å². The van der Waals surface area contributed by atoms with Crippen molar-refractivity contribution in [2.24, 2.45) is 0 Å². The van der Waals surface area contributed by atoms with Crippen molar-refractivity contribution < 1.29 is 0 Å². The van der Waals surface area contributed by atoms with E-state index in [1.807, 2.05) is 60.7 Å². The SMILES string of the molecule is c1ccc(-c2nc(-c3ccccc3)nc(-c3ccc4c(-n5c6ccccc6c6cc7c8cc9ccccc9cc8n(-c8ccccc8)c7cc65)cccc4c3)n2)cc1. The molecule has 3 heterocycles. The predicted molar refractivity (Wildman–Crippen MR) is 240 cm³/mol. The molecule has 3 aromatic heterocycles. The summed E-state index contributed by atoms with van der Waals surface area (Å²) in [7, 11) is 0. The summed E-state index contributed by atoms with van der Waals surface area (Å²) in [5.41, 5.74) is 9.80. The summed E-state index contributed by atoms with van der Waals surface area (Å²) >= 11 is 0. The monoisotopic (exact) mass is 739 g/mol. The van der Waals surface area contributed by atoms with E-state index in [9.17, 15) is 0 Å². The minimum atomic E-state index is 0.640. The topological polar surface area (TPSA) is 48.5 Å². The zero-order chi connectivity index (χ0) is 38.2. The van der Waals surface area contributed by atoms with Gasteiger partial charge < -0.3 is 9.13 Å². The van der Waals surface area contributed by atoms with Gasteiger partial charge in [-0.2, -0.15) is 0 Å². The van der Waals surface area contributed by atoms with Crippen molar-refractivity contribution in [1.82, 2.24) is 24.1 Å². The van der Waals surface area contributed by atoms with Crippen LogP contribution < -0.4 is 0 Å². The van der Waals surface area contributed by atoms with Crippen molar-refractivity contribution in [3.8, 4) is 45.5 Å². The maximum atomic E-state index is 5.03. The summed E-state index contributed by atoms with van der Waals surface area (Å²) in [5.74, 6) is 1.94. The third kappa shape index (κ3) is 5.07. The van der Waals surface area contributed by atoms with Gasteiger partial charge in [0.25, 0.3) is 0 Å². The quantitative estimate of drug-likeness (QED) is 0.177. The molecule has 0 atom stereocenters. The van der Waals surface area contributed by atoms with Gasteiger partial charge >= 0.3 is 0 Å². The maximum absolute atomic E-state index is 5.03. The third-order valence-corrected chi connectivity index (χ3v) is 11.5. The highest BCUT2D eigenvalue weighted by Gasteiger charge is 2.20. The lowest BCUT2D eigenvalue weighted by Gasteiger charge is -2.13. The van der Waals surface area contributed by atoms with Crippen LogP contribution in [0.1, 0.15) is 0 Å². The number of benzene rings is 9. The highest BCUT2D eigenvalue weighted by atomic mass is 15.0. The van der Waals surface area contributed by atoms with E-state index < -0.39 is 0 Å². The molecule has 12 rings (SSSR count). The summed E-state index contributed by atoms with van der Waals surface area (Å²) < 4.78 is 4.87. The summed E-state index contributed by atoms with van der Waals surface area (Å²) in [6, 6.07) is 71.1. The fourth-order valence-electron chi connectivity index (χ4n) is 8.82. The summed E-state index contributed by atoms with van der Waals surface area (Å²) in [6.07, 6.45) is 0. The van der Waals surface area contributed by atoms with Crippen LogP contribution in [0.2, 0.25) is 0 Å². The molecule has 0 saturated carbocycles. The van der Waals surface area contributed by atoms with Crippen LogP contribution in [0.5, 0.6) is 0 Å². The number of rotatable bonds is 5. The highest BCUT2D eigenvalue weighted by Crippen LogP contribution is 2.42. The fraction of sp³-hybridized carbons (Fsp3) is 0. The molecule has 12 aromatic rings. The van der Waals surface area contributed by atoms with E-state index in [2.05, 4.69) is 149 Å². The van der Waals surface area contributed by atoms with E-state index in [1.54, 1.807) is 0 Å². The van der Waals surface area contributed by atoms with Gasteiger partial charge in [0, 0.05) is 49.3 Å². The van der Waals surface area contributed by atoms with Crippen LogP contribution in [-0.2, 0) is 0 Å². The van der Waals surface area contributed by atoms with Gasteiger partial charge in [0.15, 0.2) is 17.5 Å². The Labute approximate surface area is 333 Å². The van der Waals surface area contributed by atoms with E-state index in [-0.39, 0.29) is 0 Å². The Hall–Kier alpha value is -7.89. The lowest BCUT2D eigenvalue weighted by Crippen LogP contribution is -2.00. The van der Waals surface area contributed by atoms with Crippen LogP contribution in [0, 0.1) is 0 Å². The maximum Gasteiger partial charge on any atom is 0.164 e. The molecule has 5 nitrogen and oxygen atoms in total. The molecule has 0 unspecified atom stereocenters. The first-order valence-electron chi connectivity index (χ1n) is 19.6. The van der Waals surface area contributed by atoms with E-state index >= 15 is 0 Å². The Morgan fingerprint density at radius 2 is 0.810 bits per heavy atom. The average molecular weight is 740 g/mol. The highest BCUT2D eigenvalue weighted by molar-refractivity contribution is 6.21. The molecular weight excluding hydrogens is 707 g/mol. The van der Waals surface area contributed by atoms with Crippen LogP contribution >= 0.6 is 0 Å². The van der Waals surface area contributed by atoms with Gasteiger partial charge in [-0.15, -0.1) is 0 Å². The van der Waals surface area contributed by atoms with Crippen LogP contribution in [-0.4, -0.2) is 24.1 Å². The molecule has 0 spiro atoms. The molecule has 58 heavy (non-hydrogen) atoms. The number of nitrogens with zero attached hydrogens (tertiary/aromatic N) is 5. The van der Waals surface area contributed by atoms with Crippen LogP contribution in [0.4, 0.5) is 0 Å². The summed E-state index contributed by atoms with van der Waals surface area (Å²) in [5, 5.41) is 9.66. The second kappa shape index (κ2) is 12.8. The lowest BCUT2D eigenvalue weighted by molar-refractivity contribution is 1.07. The van der Waals surface area contributed by atoms with E-state index in [0.717, 1.165) is 44.4 Å². The van der Waals surface area contributed by atoms with Gasteiger partial charge in [-0.05, 0) is 70.8 Å².